The summed E-state index contributed by atoms with van der Waals surface area (Å²) >= 11 is 0. The molecule has 1 amide bonds. The SMILES string of the molecule is CCCOc1ccc(NC(=O)[C@](C)(CC(C)C)OC)cn1. The van der Waals surface area contributed by atoms with E-state index < -0.39 is 5.60 Å². The molecule has 0 aliphatic carbocycles. The highest BCUT2D eigenvalue weighted by atomic mass is 16.5. The molecule has 118 valence electrons. The molecule has 1 N–H and O–H groups in total. The number of ether oxygens (including phenoxy) is 2. The molecule has 0 saturated heterocycles. The Bertz CT molecular complexity index is 445. The van der Waals surface area contributed by atoms with Gasteiger partial charge in [0.2, 0.25) is 5.88 Å². The lowest BCUT2D eigenvalue weighted by Gasteiger charge is -2.28. The minimum absolute atomic E-state index is 0.164. The summed E-state index contributed by atoms with van der Waals surface area (Å²) in [5, 5.41) is 2.84. The number of aromatic nitrogens is 1. The monoisotopic (exact) mass is 294 g/mol. The van der Waals surface area contributed by atoms with Crippen LogP contribution in [0, 0.1) is 5.92 Å². The van der Waals surface area contributed by atoms with Gasteiger partial charge in [-0.1, -0.05) is 20.8 Å². The second kappa shape index (κ2) is 7.98. The summed E-state index contributed by atoms with van der Waals surface area (Å²) in [4.78, 5) is 16.5. The van der Waals surface area contributed by atoms with Crippen molar-refractivity contribution in [1.82, 2.24) is 4.98 Å². The molecule has 1 aromatic heterocycles. The van der Waals surface area contributed by atoms with Crippen LogP contribution in [0.25, 0.3) is 0 Å². The molecule has 0 fully saturated rings. The molecule has 0 aliphatic heterocycles. The number of hydrogen-bond acceptors (Lipinski definition) is 4. The van der Waals surface area contributed by atoms with Crippen LogP contribution in [0.3, 0.4) is 0 Å². The van der Waals surface area contributed by atoms with Gasteiger partial charge in [0.25, 0.3) is 5.91 Å². The van der Waals surface area contributed by atoms with Crippen LogP contribution in [-0.2, 0) is 9.53 Å². The number of methoxy groups -OCH3 is 1. The third-order valence-electron chi connectivity index (χ3n) is 3.18. The van der Waals surface area contributed by atoms with Gasteiger partial charge in [0, 0.05) is 13.2 Å². The lowest BCUT2D eigenvalue weighted by Crippen LogP contribution is -2.43. The fourth-order valence-corrected chi connectivity index (χ4v) is 2.06. The molecule has 21 heavy (non-hydrogen) atoms. The number of nitrogens with zero attached hydrogens (tertiary/aromatic N) is 1. The molecule has 1 heterocycles. The normalized spacial score (nSPS) is 13.8. The minimum atomic E-state index is -0.842. The highest BCUT2D eigenvalue weighted by Gasteiger charge is 2.33. The van der Waals surface area contributed by atoms with Gasteiger partial charge in [-0.2, -0.15) is 0 Å². The van der Waals surface area contributed by atoms with Crippen molar-refractivity contribution in [2.75, 3.05) is 19.0 Å². The standard InChI is InChI=1S/C16H26N2O3/c1-6-9-21-14-8-7-13(11-17-14)18-15(19)16(4,20-5)10-12(2)3/h7-8,11-12H,6,9-10H2,1-5H3,(H,18,19)/t16-/m0/s1. The summed E-state index contributed by atoms with van der Waals surface area (Å²) in [6.07, 6.45) is 3.18. The number of hydrogen-bond donors (Lipinski definition) is 1. The molecular formula is C16H26N2O3. The lowest BCUT2D eigenvalue weighted by atomic mass is 9.93. The van der Waals surface area contributed by atoms with Crippen molar-refractivity contribution in [2.24, 2.45) is 5.92 Å². The van der Waals surface area contributed by atoms with Gasteiger partial charge in [-0.05, 0) is 31.7 Å². The number of nitrogens with one attached hydrogen (secondary N) is 1. The molecule has 0 aliphatic rings. The summed E-state index contributed by atoms with van der Waals surface area (Å²) in [5.74, 6) is 0.762. The Morgan fingerprint density at radius 3 is 2.62 bits per heavy atom. The van der Waals surface area contributed by atoms with Gasteiger partial charge in [-0.3, -0.25) is 4.79 Å². The van der Waals surface area contributed by atoms with Gasteiger partial charge in [-0.25, -0.2) is 4.98 Å². The maximum atomic E-state index is 12.4. The van der Waals surface area contributed by atoms with Gasteiger partial charge >= 0.3 is 0 Å². The van der Waals surface area contributed by atoms with Gasteiger partial charge in [-0.15, -0.1) is 0 Å². The van der Waals surface area contributed by atoms with Crippen molar-refractivity contribution in [1.29, 1.82) is 0 Å². The third-order valence-corrected chi connectivity index (χ3v) is 3.18. The first-order valence-corrected chi connectivity index (χ1v) is 7.36. The summed E-state index contributed by atoms with van der Waals surface area (Å²) in [6.45, 7) is 8.59. The minimum Gasteiger partial charge on any atom is -0.478 e. The molecule has 0 radical (unpaired) electrons. The Morgan fingerprint density at radius 2 is 2.14 bits per heavy atom. The van der Waals surface area contributed by atoms with Crippen LogP contribution in [-0.4, -0.2) is 30.2 Å². The molecule has 0 aromatic carbocycles. The highest BCUT2D eigenvalue weighted by Crippen LogP contribution is 2.22. The fraction of sp³-hybridized carbons (Fsp3) is 0.625. The lowest BCUT2D eigenvalue weighted by molar-refractivity contribution is -0.137. The smallest absolute Gasteiger partial charge is 0.256 e. The highest BCUT2D eigenvalue weighted by molar-refractivity contribution is 5.96. The fourth-order valence-electron chi connectivity index (χ4n) is 2.06. The van der Waals surface area contributed by atoms with Crippen molar-refractivity contribution in [3.8, 4) is 5.88 Å². The quantitative estimate of drug-likeness (QED) is 0.799. The largest absolute Gasteiger partial charge is 0.478 e. The van der Waals surface area contributed by atoms with Gasteiger partial charge in [0.1, 0.15) is 5.60 Å². The van der Waals surface area contributed by atoms with Crippen molar-refractivity contribution >= 4 is 11.6 Å². The molecular weight excluding hydrogens is 268 g/mol. The van der Waals surface area contributed by atoms with E-state index in [4.69, 9.17) is 9.47 Å². The van der Waals surface area contributed by atoms with E-state index in [-0.39, 0.29) is 5.91 Å². The molecule has 1 aromatic rings. The maximum absolute atomic E-state index is 12.4. The van der Waals surface area contributed by atoms with E-state index in [2.05, 4.69) is 24.1 Å². The first-order chi connectivity index (χ1) is 9.91. The third kappa shape index (κ3) is 5.34. The zero-order chi connectivity index (χ0) is 15.9. The average molecular weight is 294 g/mol. The first-order valence-electron chi connectivity index (χ1n) is 7.36. The Labute approximate surface area is 127 Å². The molecule has 1 atom stereocenters. The molecule has 0 saturated carbocycles. The van der Waals surface area contributed by atoms with E-state index in [0.717, 1.165) is 6.42 Å². The predicted octanol–water partition coefficient (Wildman–Crippen LogP) is 3.26. The van der Waals surface area contributed by atoms with E-state index in [0.29, 0.717) is 30.5 Å². The zero-order valence-corrected chi connectivity index (χ0v) is 13.6. The number of carbonyl (C=O) groups excluding carboxylic acids is 1. The van der Waals surface area contributed by atoms with Crippen LogP contribution in [0.2, 0.25) is 0 Å². The zero-order valence-electron chi connectivity index (χ0n) is 13.6. The predicted molar refractivity (Wildman–Crippen MR) is 83.5 cm³/mol. The molecule has 5 nitrogen and oxygen atoms in total. The number of amides is 1. The second-order valence-corrected chi connectivity index (χ2v) is 5.72. The van der Waals surface area contributed by atoms with E-state index in [1.54, 1.807) is 32.4 Å². The summed E-state index contributed by atoms with van der Waals surface area (Å²) in [7, 11) is 1.56. The topological polar surface area (TPSA) is 60.5 Å². The van der Waals surface area contributed by atoms with Gasteiger partial charge in [0.05, 0.1) is 18.5 Å². The summed E-state index contributed by atoms with van der Waals surface area (Å²) in [5.41, 5.74) is -0.207. The van der Waals surface area contributed by atoms with E-state index >= 15 is 0 Å². The van der Waals surface area contributed by atoms with Gasteiger partial charge < -0.3 is 14.8 Å². The Hall–Kier alpha value is -1.62. The van der Waals surface area contributed by atoms with E-state index in [1.165, 1.54) is 0 Å². The molecule has 0 unspecified atom stereocenters. The second-order valence-electron chi connectivity index (χ2n) is 5.72. The molecule has 0 bridgehead atoms. The Morgan fingerprint density at radius 1 is 1.43 bits per heavy atom. The number of rotatable bonds is 8. The summed E-state index contributed by atoms with van der Waals surface area (Å²) < 4.78 is 10.8. The summed E-state index contributed by atoms with van der Waals surface area (Å²) in [6, 6.07) is 3.53. The van der Waals surface area contributed by atoms with Crippen LogP contribution < -0.4 is 10.1 Å². The molecule has 5 heteroatoms. The van der Waals surface area contributed by atoms with Crippen LogP contribution >= 0.6 is 0 Å². The van der Waals surface area contributed by atoms with Crippen molar-refractivity contribution in [2.45, 2.75) is 46.1 Å². The first kappa shape index (κ1) is 17.4. The molecule has 0 spiro atoms. The van der Waals surface area contributed by atoms with Crippen LogP contribution in [0.15, 0.2) is 18.3 Å². The van der Waals surface area contributed by atoms with E-state index in [9.17, 15) is 4.79 Å². The van der Waals surface area contributed by atoms with Gasteiger partial charge in [0.15, 0.2) is 0 Å². The Kier molecular flexibility index (Phi) is 6.62. The van der Waals surface area contributed by atoms with Crippen molar-refractivity contribution < 1.29 is 14.3 Å². The average Bonchev–Trinajstić information content (AvgIpc) is 2.45. The van der Waals surface area contributed by atoms with E-state index in [1.807, 2.05) is 6.92 Å². The van der Waals surface area contributed by atoms with Crippen LogP contribution in [0.4, 0.5) is 5.69 Å². The number of carbonyl (C=O) groups is 1. The van der Waals surface area contributed by atoms with Crippen molar-refractivity contribution in [3.05, 3.63) is 18.3 Å². The Balaban J connectivity index is 2.68. The van der Waals surface area contributed by atoms with Crippen molar-refractivity contribution in [3.63, 3.8) is 0 Å². The van der Waals surface area contributed by atoms with Crippen LogP contribution in [0.5, 0.6) is 5.88 Å². The molecule has 1 rings (SSSR count). The maximum Gasteiger partial charge on any atom is 0.256 e. The number of pyridine rings is 1. The number of anilines is 1. The van der Waals surface area contributed by atoms with Crippen LogP contribution in [0.1, 0.15) is 40.5 Å².